The summed E-state index contributed by atoms with van der Waals surface area (Å²) in [6.45, 7) is 8.06. The predicted molar refractivity (Wildman–Crippen MR) is 73.9 cm³/mol. The Morgan fingerprint density at radius 2 is 2.06 bits per heavy atom. The second-order valence-corrected chi connectivity index (χ2v) is 5.07. The van der Waals surface area contributed by atoms with E-state index in [0.29, 0.717) is 5.56 Å². The summed E-state index contributed by atoms with van der Waals surface area (Å²) in [4.78, 5) is 11.1. The van der Waals surface area contributed by atoms with Crippen molar-refractivity contribution in [2.24, 2.45) is 5.73 Å². The molecule has 0 aliphatic heterocycles. The van der Waals surface area contributed by atoms with E-state index < -0.39 is 5.91 Å². The molecule has 0 saturated carbocycles. The summed E-state index contributed by atoms with van der Waals surface area (Å²) in [5, 5.41) is 3.39. The van der Waals surface area contributed by atoms with Gasteiger partial charge in [-0.2, -0.15) is 0 Å². The minimum Gasteiger partial charge on any atom is -0.379 e. The van der Waals surface area contributed by atoms with Gasteiger partial charge in [0.25, 0.3) is 0 Å². The zero-order valence-electron chi connectivity index (χ0n) is 11.7. The van der Waals surface area contributed by atoms with E-state index in [1.165, 1.54) is 0 Å². The molecule has 0 spiro atoms. The van der Waals surface area contributed by atoms with E-state index in [1.807, 2.05) is 26.8 Å². The predicted octanol–water partition coefficient (Wildman–Crippen LogP) is 2.32. The minimum atomic E-state index is -0.407. The number of amides is 1. The van der Waals surface area contributed by atoms with Crippen molar-refractivity contribution in [1.29, 1.82) is 0 Å². The molecule has 0 fully saturated rings. The largest absolute Gasteiger partial charge is 0.379 e. The van der Waals surface area contributed by atoms with Crippen molar-refractivity contribution in [3.8, 4) is 0 Å². The van der Waals surface area contributed by atoms with Crippen LogP contribution in [0.3, 0.4) is 0 Å². The summed E-state index contributed by atoms with van der Waals surface area (Å²) >= 11 is 0. The smallest absolute Gasteiger partial charge is 0.248 e. The number of anilines is 1. The summed E-state index contributed by atoms with van der Waals surface area (Å²) < 4.78 is 5.44. The summed E-state index contributed by atoms with van der Waals surface area (Å²) in [6.07, 6.45) is 0. The van der Waals surface area contributed by atoms with Crippen molar-refractivity contribution in [1.82, 2.24) is 0 Å². The van der Waals surface area contributed by atoms with Crippen molar-refractivity contribution in [3.63, 3.8) is 0 Å². The lowest BCUT2D eigenvalue weighted by atomic mass is 9.99. The summed E-state index contributed by atoms with van der Waals surface area (Å²) in [5.74, 6) is -0.407. The van der Waals surface area contributed by atoms with Gasteiger partial charge < -0.3 is 15.8 Å². The molecule has 100 valence electrons. The van der Waals surface area contributed by atoms with Crippen molar-refractivity contribution in [2.75, 3.05) is 12.4 Å². The van der Waals surface area contributed by atoms with Gasteiger partial charge in [-0.25, -0.2) is 0 Å². The van der Waals surface area contributed by atoms with Crippen molar-refractivity contribution in [3.05, 3.63) is 29.3 Å². The number of nitrogens with two attached hydrogens (primary N) is 1. The molecule has 1 unspecified atom stereocenters. The molecule has 4 heteroatoms. The molecule has 1 aromatic carbocycles. The SMILES string of the molecule is COC(C)(C)C(C)Nc1ccc(C(N)=O)cc1C. The zero-order valence-corrected chi connectivity index (χ0v) is 11.7. The van der Waals surface area contributed by atoms with Gasteiger partial charge in [-0.15, -0.1) is 0 Å². The summed E-state index contributed by atoms with van der Waals surface area (Å²) in [6, 6.07) is 5.53. The van der Waals surface area contributed by atoms with Crippen LogP contribution in [0.5, 0.6) is 0 Å². The summed E-state index contributed by atoms with van der Waals surface area (Å²) in [5.41, 5.74) is 7.48. The number of benzene rings is 1. The second kappa shape index (κ2) is 5.40. The lowest BCUT2D eigenvalue weighted by Gasteiger charge is -2.32. The molecule has 0 aliphatic rings. The van der Waals surface area contributed by atoms with Crippen molar-refractivity contribution >= 4 is 11.6 Å². The van der Waals surface area contributed by atoms with Crippen molar-refractivity contribution < 1.29 is 9.53 Å². The molecular formula is C14H22N2O2. The second-order valence-electron chi connectivity index (χ2n) is 5.07. The molecule has 0 bridgehead atoms. The number of rotatable bonds is 5. The van der Waals surface area contributed by atoms with E-state index in [2.05, 4.69) is 12.2 Å². The topological polar surface area (TPSA) is 64.3 Å². The average Bonchev–Trinajstić information content (AvgIpc) is 2.31. The number of carbonyl (C=O) groups excluding carboxylic acids is 1. The molecule has 0 heterocycles. The third kappa shape index (κ3) is 3.23. The number of hydrogen-bond acceptors (Lipinski definition) is 3. The lowest BCUT2D eigenvalue weighted by molar-refractivity contribution is 0.0107. The fraction of sp³-hybridized carbons (Fsp3) is 0.500. The number of carbonyl (C=O) groups is 1. The molecule has 0 aliphatic carbocycles. The number of hydrogen-bond donors (Lipinski definition) is 2. The van der Waals surface area contributed by atoms with Gasteiger partial charge in [0.15, 0.2) is 0 Å². The fourth-order valence-corrected chi connectivity index (χ4v) is 1.56. The van der Waals surface area contributed by atoms with Crippen LogP contribution in [0.2, 0.25) is 0 Å². The fourth-order valence-electron chi connectivity index (χ4n) is 1.56. The Bertz CT molecular complexity index is 441. The van der Waals surface area contributed by atoms with Crippen LogP contribution in [-0.2, 0) is 4.74 Å². The Kier molecular flexibility index (Phi) is 4.35. The van der Waals surface area contributed by atoms with Crippen LogP contribution >= 0.6 is 0 Å². The zero-order chi connectivity index (χ0) is 13.9. The molecule has 18 heavy (non-hydrogen) atoms. The standard InChI is InChI=1S/C14H22N2O2/c1-9-8-11(13(15)17)6-7-12(9)16-10(2)14(3,4)18-5/h6-8,10,16H,1-5H3,(H2,15,17). The maximum absolute atomic E-state index is 11.1. The minimum absolute atomic E-state index is 0.139. The number of methoxy groups -OCH3 is 1. The number of aryl methyl sites for hydroxylation is 1. The average molecular weight is 250 g/mol. The lowest BCUT2D eigenvalue weighted by Crippen LogP contribution is -2.41. The highest BCUT2D eigenvalue weighted by molar-refractivity contribution is 5.93. The highest BCUT2D eigenvalue weighted by Gasteiger charge is 2.25. The van der Waals surface area contributed by atoms with E-state index in [9.17, 15) is 4.79 Å². The maximum atomic E-state index is 11.1. The Labute approximate surface area is 109 Å². The molecule has 4 nitrogen and oxygen atoms in total. The van der Waals surface area contributed by atoms with Crippen LogP contribution in [0, 0.1) is 6.92 Å². The van der Waals surface area contributed by atoms with Gasteiger partial charge in [0.05, 0.1) is 11.6 Å². The molecule has 0 saturated heterocycles. The van der Waals surface area contributed by atoms with Gasteiger partial charge in [-0.1, -0.05) is 0 Å². The van der Waals surface area contributed by atoms with Crippen LogP contribution in [-0.4, -0.2) is 24.7 Å². The number of nitrogens with one attached hydrogen (secondary N) is 1. The van der Waals surface area contributed by atoms with Crippen LogP contribution in [0.15, 0.2) is 18.2 Å². The van der Waals surface area contributed by atoms with Crippen LogP contribution in [0.1, 0.15) is 36.7 Å². The first-order chi connectivity index (χ1) is 8.27. The first-order valence-electron chi connectivity index (χ1n) is 6.00. The highest BCUT2D eigenvalue weighted by Crippen LogP contribution is 2.22. The van der Waals surface area contributed by atoms with Gasteiger partial charge in [0.1, 0.15) is 0 Å². The molecule has 1 atom stereocenters. The van der Waals surface area contributed by atoms with Gasteiger partial charge in [-0.05, 0) is 51.5 Å². The monoisotopic (exact) mass is 250 g/mol. The molecule has 3 N–H and O–H groups in total. The third-order valence-electron chi connectivity index (χ3n) is 3.45. The molecule has 0 radical (unpaired) electrons. The Balaban J connectivity index is 2.89. The first-order valence-corrected chi connectivity index (χ1v) is 6.00. The first kappa shape index (κ1) is 14.5. The Morgan fingerprint density at radius 1 is 1.44 bits per heavy atom. The van der Waals surface area contributed by atoms with E-state index in [4.69, 9.17) is 10.5 Å². The van der Waals surface area contributed by atoms with Gasteiger partial charge in [0, 0.05) is 18.4 Å². The maximum Gasteiger partial charge on any atom is 0.248 e. The number of primary amides is 1. The van der Waals surface area contributed by atoms with Crippen LogP contribution in [0.4, 0.5) is 5.69 Å². The van der Waals surface area contributed by atoms with E-state index in [0.717, 1.165) is 11.3 Å². The van der Waals surface area contributed by atoms with Gasteiger partial charge in [-0.3, -0.25) is 4.79 Å². The number of ether oxygens (including phenoxy) is 1. The van der Waals surface area contributed by atoms with E-state index in [1.54, 1.807) is 19.2 Å². The molecule has 1 amide bonds. The third-order valence-corrected chi connectivity index (χ3v) is 3.45. The van der Waals surface area contributed by atoms with Crippen LogP contribution < -0.4 is 11.1 Å². The van der Waals surface area contributed by atoms with Gasteiger partial charge >= 0.3 is 0 Å². The van der Waals surface area contributed by atoms with E-state index in [-0.39, 0.29) is 11.6 Å². The molecule has 0 aromatic heterocycles. The van der Waals surface area contributed by atoms with Crippen molar-refractivity contribution in [2.45, 2.75) is 39.3 Å². The summed E-state index contributed by atoms with van der Waals surface area (Å²) in [7, 11) is 1.70. The Hall–Kier alpha value is -1.55. The van der Waals surface area contributed by atoms with E-state index >= 15 is 0 Å². The molecule has 1 rings (SSSR count). The Morgan fingerprint density at radius 3 is 2.50 bits per heavy atom. The molecular weight excluding hydrogens is 228 g/mol. The van der Waals surface area contributed by atoms with Gasteiger partial charge in [0.2, 0.25) is 5.91 Å². The molecule has 1 aromatic rings. The quantitative estimate of drug-likeness (QED) is 0.843. The van der Waals surface area contributed by atoms with Crippen LogP contribution in [0.25, 0.3) is 0 Å². The highest BCUT2D eigenvalue weighted by atomic mass is 16.5. The normalized spacial score (nSPS) is 13.2.